The van der Waals surface area contributed by atoms with Crippen LogP contribution >= 0.6 is 0 Å². The molecule has 0 spiro atoms. The Balaban J connectivity index is 1.34. The van der Waals surface area contributed by atoms with Gasteiger partial charge in [0.05, 0.1) is 23.1 Å². The molecule has 2 aliphatic rings. The van der Waals surface area contributed by atoms with Gasteiger partial charge in [0.1, 0.15) is 5.82 Å². The summed E-state index contributed by atoms with van der Waals surface area (Å²) in [6, 6.07) is 10.9. The van der Waals surface area contributed by atoms with Crippen LogP contribution in [-0.4, -0.2) is 70.6 Å². The summed E-state index contributed by atoms with van der Waals surface area (Å²) >= 11 is 0. The minimum Gasteiger partial charge on any atom is -0.381 e. The molecule has 3 heterocycles. The van der Waals surface area contributed by atoms with E-state index in [-0.39, 0.29) is 24.3 Å². The topological polar surface area (TPSA) is 110 Å². The first-order valence-corrected chi connectivity index (χ1v) is 13.8. The van der Waals surface area contributed by atoms with E-state index in [1.807, 2.05) is 31.2 Å². The molecule has 4 rings (SSSR count). The number of benzene rings is 1. The summed E-state index contributed by atoms with van der Waals surface area (Å²) in [5.41, 5.74) is 2.13. The lowest BCUT2D eigenvalue weighted by molar-refractivity contribution is -0.0232. The van der Waals surface area contributed by atoms with Crippen LogP contribution in [0.5, 0.6) is 0 Å². The standard InChI is InChI=1S/C25H34N4O5S/c1-2-34-23(20-10-15-33-16-11-20)18-28-24-21(7-5-12-26-24)25(30)27-13-17-35(31,32)29-14-9-19-6-3-4-8-22(19)29/h3-8,12,20,23H,2,9-11,13-18H2,1H3,(H,26,28)(H,27,30). The highest BCUT2D eigenvalue weighted by Crippen LogP contribution is 2.30. The van der Waals surface area contributed by atoms with Gasteiger partial charge in [-0.3, -0.25) is 9.10 Å². The fourth-order valence-electron chi connectivity index (χ4n) is 4.69. The normalized spacial score (nSPS) is 17.1. The quantitative estimate of drug-likeness (QED) is 0.486. The molecule has 0 radical (unpaired) electrons. The van der Waals surface area contributed by atoms with Crippen LogP contribution in [0.4, 0.5) is 11.5 Å². The summed E-state index contributed by atoms with van der Waals surface area (Å²) < 4.78 is 38.7. The highest BCUT2D eigenvalue weighted by molar-refractivity contribution is 7.92. The lowest BCUT2D eigenvalue weighted by Crippen LogP contribution is -2.37. The van der Waals surface area contributed by atoms with E-state index in [1.165, 1.54) is 4.31 Å². The first-order valence-electron chi connectivity index (χ1n) is 12.2. The number of rotatable bonds is 11. The van der Waals surface area contributed by atoms with Crippen molar-refractivity contribution in [2.24, 2.45) is 5.92 Å². The van der Waals surface area contributed by atoms with Gasteiger partial charge in [-0.15, -0.1) is 0 Å². The Hall–Kier alpha value is -2.69. The Kier molecular flexibility index (Phi) is 8.59. The SMILES string of the molecule is CCOC(CNc1ncccc1C(=O)NCCS(=O)(=O)N1CCc2ccccc21)C1CCOCC1. The summed E-state index contributed by atoms with van der Waals surface area (Å²) in [6.07, 6.45) is 4.20. The maximum absolute atomic E-state index is 12.9. The number of pyridine rings is 1. The molecule has 1 amide bonds. The van der Waals surface area contributed by atoms with Crippen LogP contribution in [0.2, 0.25) is 0 Å². The zero-order valence-corrected chi connectivity index (χ0v) is 20.9. The number of anilines is 2. The molecule has 9 nitrogen and oxygen atoms in total. The maximum Gasteiger partial charge on any atom is 0.255 e. The second-order valence-electron chi connectivity index (χ2n) is 8.75. The molecule has 1 saturated heterocycles. The lowest BCUT2D eigenvalue weighted by atomic mass is 9.93. The van der Waals surface area contributed by atoms with Crippen molar-refractivity contribution < 1.29 is 22.7 Å². The van der Waals surface area contributed by atoms with Crippen molar-refractivity contribution in [1.29, 1.82) is 0 Å². The van der Waals surface area contributed by atoms with Gasteiger partial charge < -0.3 is 20.1 Å². The Morgan fingerprint density at radius 1 is 1.23 bits per heavy atom. The summed E-state index contributed by atoms with van der Waals surface area (Å²) in [4.78, 5) is 17.2. The van der Waals surface area contributed by atoms with Gasteiger partial charge in [0.2, 0.25) is 10.0 Å². The van der Waals surface area contributed by atoms with E-state index in [1.54, 1.807) is 18.3 Å². The second kappa shape index (κ2) is 11.8. The highest BCUT2D eigenvalue weighted by atomic mass is 32.2. The van der Waals surface area contributed by atoms with E-state index in [9.17, 15) is 13.2 Å². The fourth-order valence-corrected chi connectivity index (χ4v) is 6.11. The number of amides is 1. The smallest absolute Gasteiger partial charge is 0.255 e. The second-order valence-corrected chi connectivity index (χ2v) is 10.8. The summed E-state index contributed by atoms with van der Waals surface area (Å²) in [7, 11) is -3.54. The minimum absolute atomic E-state index is 0.00435. The Bertz CT molecular complexity index is 1100. The Labute approximate surface area is 207 Å². The van der Waals surface area contributed by atoms with Gasteiger partial charge in [0.15, 0.2) is 0 Å². The van der Waals surface area contributed by atoms with E-state index in [2.05, 4.69) is 15.6 Å². The summed E-state index contributed by atoms with van der Waals surface area (Å²) in [5, 5.41) is 6.02. The van der Waals surface area contributed by atoms with E-state index in [0.717, 1.165) is 37.3 Å². The van der Waals surface area contributed by atoms with Crippen molar-refractivity contribution in [3.63, 3.8) is 0 Å². The van der Waals surface area contributed by atoms with Gasteiger partial charge in [-0.2, -0.15) is 0 Å². The van der Waals surface area contributed by atoms with Crippen LogP contribution in [0.25, 0.3) is 0 Å². The van der Waals surface area contributed by atoms with Gasteiger partial charge in [-0.1, -0.05) is 18.2 Å². The van der Waals surface area contributed by atoms with Crippen LogP contribution in [0.1, 0.15) is 35.7 Å². The average Bonchev–Trinajstić information content (AvgIpc) is 3.32. The van der Waals surface area contributed by atoms with Crippen molar-refractivity contribution in [3.05, 3.63) is 53.7 Å². The lowest BCUT2D eigenvalue weighted by Gasteiger charge is -2.30. The van der Waals surface area contributed by atoms with E-state index < -0.39 is 10.0 Å². The van der Waals surface area contributed by atoms with E-state index in [0.29, 0.717) is 43.4 Å². The molecule has 1 atom stereocenters. The molecular weight excluding hydrogens is 468 g/mol. The molecule has 1 unspecified atom stereocenters. The number of hydrogen-bond donors (Lipinski definition) is 2. The van der Waals surface area contributed by atoms with Crippen LogP contribution in [-0.2, 0) is 25.9 Å². The van der Waals surface area contributed by atoms with Gasteiger partial charge in [0.25, 0.3) is 5.91 Å². The average molecular weight is 503 g/mol. The molecule has 0 saturated carbocycles. The van der Waals surface area contributed by atoms with Crippen LogP contribution < -0.4 is 14.9 Å². The number of hydrogen-bond acceptors (Lipinski definition) is 7. The number of nitrogens with one attached hydrogen (secondary N) is 2. The molecule has 10 heteroatoms. The first kappa shape index (κ1) is 25.4. The number of aromatic nitrogens is 1. The number of carbonyl (C=O) groups is 1. The highest BCUT2D eigenvalue weighted by Gasteiger charge is 2.29. The van der Waals surface area contributed by atoms with Crippen molar-refractivity contribution in [2.45, 2.75) is 32.3 Å². The van der Waals surface area contributed by atoms with E-state index >= 15 is 0 Å². The number of carbonyl (C=O) groups excluding carboxylic acids is 1. The molecule has 190 valence electrons. The molecule has 1 fully saturated rings. The van der Waals surface area contributed by atoms with Crippen molar-refractivity contribution in [1.82, 2.24) is 10.3 Å². The molecular formula is C25H34N4O5S. The van der Waals surface area contributed by atoms with Gasteiger partial charge in [-0.25, -0.2) is 13.4 Å². The molecule has 35 heavy (non-hydrogen) atoms. The molecule has 1 aromatic heterocycles. The number of sulfonamides is 1. The van der Waals surface area contributed by atoms with Gasteiger partial charge >= 0.3 is 0 Å². The summed E-state index contributed by atoms with van der Waals surface area (Å²) in [5.74, 6) is 0.305. The number of para-hydroxylation sites is 1. The Morgan fingerprint density at radius 3 is 2.83 bits per heavy atom. The predicted octanol–water partition coefficient (Wildman–Crippen LogP) is 2.45. The summed E-state index contributed by atoms with van der Waals surface area (Å²) in [6.45, 7) is 5.02. The molecule has 1 aromatic carbocycles. The van der Waals surface area contributed by atoms with Crippen LogP contribution in [0.3, 0.4) is 0 Å². The van der Waals surface area contributed by atoms with Crippen LogP contribution in [0.15, 0.2) is 42.6 Å². The minimum atomic E-state index is -3.54. The predicted molar refractivity (Wildman–Crippen MR) is 135 cm³/mol. The third-order valence-corrected chi connectivity index (χ3v) is 8.29. The zero-order chi connectivity index (χ0) is 24.7. The third kappa shape index (κ3) is 6.31. The molecule has 0 bridgehead atoms. The van der Waals surface area contributed by atoms with Crippen molar-refractivity contribution in [3.8, 4) is 0 Å². The Morgan fingerprint density at radius 2 is 2.03 bits per heavy atom. The first-order chi connectivity index (χ1) is 17.0. The molecule has 2 aliphatic heterocycles. The van der Waals surface area contributed by atoms with Crippen molar-refractivity contribution >= 4 is 27.4 Å². The van der Waals surface area contributed by atoms with Gasteiger partial charge in [0, 0.05) is 45.7 Å². The molecule has 0 aliphatic carbocycles. The van der Waals surface area contributed by atoms with Crippen molar-refractivity contribution in [2.75, 3.05) is 54.8 Å². The van der Waals surface area contributed by atoms with Crippen LogP contribution in [0, 0.1) is 5.92 Å². The fraction of sp³-hybridized carbons (Fsp3) is 0.520. The van der Waals surface area contributed by atoms with E-state index in [4.69, 9.17) is 9.47 Å². The largest absolute Gasteiger partial charge is 0.381 e. The third-order valence-electron chi connectivity index (χ3n) is 6.52. The van der Waals surface area contributed by atoms with Gasteiger partial charge in [-0.05, 0) is 55.9 Å². The number of fused-ring (bicyclic) bond motifs is 1. The monoisotopic (exact) mass is 502 g/mol. The maximum atomic E-state index is 12.9. The molecule has 2 aromatic rings. The zero-order valence-electron chi connectivity index (χ0n) is 20.1. The number of ether oxygens (including phenoxy) is 2. The molecule has 2 N–H and O–H groups in total. The number of nitrogens with zero attached hydrogens (tertiary/aromatic N) is 2.